The lowest BCUT2D eigenvalue weighted by atomic mass is 9.97. The van der Waals surface area contributed by atoms with Crippen LogP contribution in [0.1, 0.15) is 32.6 Å². The second-order valence-electron chi connectivity index (χ2n) is 5.20. The van der Waals surface area contributed by atoms with E-state index < -0.39 is 0 Å². The zero-order valence-electron chi connectivity index (χ0n) is 10.1. The number of amidine groups is 1. The molecule has 0 bridgehead atoms. The lowest BCUT2D eigenvalue weighted by Gasteiger charge is -2.33. The van der Waals surface area contributed by atoms with Crippen molar-refractivity contribution in [1.29, 1.82) is 5.41 Å². The van der Waals surface area contributed by atoms with Crippen molar-refractivity contribution in [1.82, 2.24) is 4.90 Å². The summed E-state index contributed by atoms with van der Waals surface area (Å²) in [7, 11) is 0. The second-order valence-corrected chi connectivity index (χ2v) is 5.20. The third kappa shape index (κ3) is 2.95. The summed E-state index contributed by atoms with van der Waals surface area (Å²) in [5.41, 5.74) is 5.58. The molecule has 0 aromatic rings. The maximum atomic E-state index is 7.52. The van der Waals surface area contributed by atoms with Gasteiger partial charge in [0.05, 0.1) is 18.0 Å². The maximum Gasteiger partial charge on any atom is 0.0949 e. The van der Waals surface area contributed by atoms with Crippen LogP contribution in [0.5, 0.6) is 0 Å². The Labute approximate surface area is 97.6 Å². The van der Waals surface area contributed by atoms with E-state index in [0.29, 0.717) is 18.0 Å². The van der Waals surface area contributed by atoms with Gasteiger partial charge in [0, 0.05) is 19.0 Å². The minimum absolute atomic E-state index is 0.271. The Morgan fingerprint density at radius 3 is 2.88 bits per heavy atom. The third-order valence-electron chi connectivity index (χ3n) is 3.73. The van der Waals surface area contributed by atoms with Crippen LogP contribution in [0.2, 0.25) is 0 Å². The Morgan fingerprint density at radius 1 is 1.44 bits per heavy atom. The van der Waals surface area contributed by atoms with Gasteiger partial charge < -0.3 is 15.4 Å². The molecule has 2 fully saturated rings. The van der Waals surface area contributed by atoms with E-state index in [4.69, 9.17) is 15.9 Å². The van der Waals surface area contributed by atoms with Crippen LogP contribution in [0.25, 0.3) is 0 Å². The van der Waals surface area contributed by atoms with Crippen molar-refractivity contribution in [3.63, 3.8) is 0 Å². The van der Waals surface area contributed by atoms with E-state index in [1.807, 2.05) is 0 Å². The van der Waals surface area contributed by atoms with Gasteiger partial charge in [0.15, 0.2) is 0 Å². The Kier molecular flexibility index (Phi) is 3.82. The normalized spacial score (nSPS) is 36.4. The average molecular weight is 225 g/mol. The molecule has 0 saturated carbocycles. The summed E-state index contributed by atoms with van der Waals surface area (Å²) in [6.45, 7) is 5.25. The predicted octanol–water partition coefficient (Wildman–Crippen LogP) is 1.20. The standard InChI is InChI=1S/C12H23N3O/c1-9-4-5-11(16-9)8-15-6-2-3-10(7-15)12(13)14/h9-11H,2-8H2,1H3,(H3,13,14). The largest absolute Gasteiger partial charge is 0.387 e. The molecule has 3 unspecified atom stereocenters. The molecule has 0 spiro atoms. The molecular formula is C12H23N3O. The Hall–Kier alpha value is -0.610. The smallest absolute Gasteiger partial charge is 0.0949 e. The lowest BCUT2D eigenvalue weighted by Crippen LogP contribution is -2.43. The number of piperidine rings is 1. The van der Waals surface area contributed by atoms with E-state index in [-0.39, 0.29) is 5.92 Å². The lowest BCUT2D eigenvalue weighted by molar-refractivity contribution is 0.0251. The monoisotopic (exact) mass is 225 g/mol. The van der Waals surface area contributed by atoms with Crippen molar-refractivity contribution in [3.8, 4) is 0 Å². The summed E-state index contributed by atoms with van der Waals surface area (Å²) >= 11 is 0. The summed E-state index contributed by atoms with van der Waals surface area (Å²) in [6.07, 6.45) is 5.44. The first kappa shape index (κ1) is 11.9. The van der Waals surface area contributed by atoms with E-state index in [9.17, 15) is 0 Å². The van der Waals surface area contributed by atoms with Crippen LogP contribution in [0.3, 0.4) is 0 Å². The van der Waals surface area contributed by atoms with Gasteiger partial charge in [0.2, 0.25) is 0 Å². The molecule has 92 valence electrons. The molecule has 0 aromatic heterocycles. The molecule has 0 aliphatic carbocycles. The summed E-state index contributed by atoms with van der Waals surface area (Å²) in [5.74, 6) is 0.623. The molecule has 2 rings (SSSR count). The predicted molar refractivity (Wildman–Crippen MR) is 64.6 cm³/mol. The van der Waals surface area contributed by atoms with Gasteiger partial charge in [-0.05, 0) is 39.2 Å². The van der Waals surface area contributed by atoms with Crippen LogP contribution in [-0.4, -0.2) is 42.6 Å². The van der Waals surface area contributed by atoms with Gasteiger partial charge in [-0.2, -0.15) is 0 Å². The molecule has 2 saturated heterocycles. The number of likely N-dealkylation sites (tertiary alicyclic amines) is 1. The first-order valence-corrected chi connectivity index (χ1v) is 6.37. The van der Waals surface area contributed by atoms with Crippen LogP contribution in [0.4, 0.5) is 0 Å². The van der Waals surface area contributed by atoms with Crippen LogP contribution in [0.15, 0.2) is 0 Å². The van der Waals surface area contributed by atoms with E-state index in [1.54, 1.807) is 0 Å². The van der Waals surface area contributed by atoms with Gasteiger partial charge in [0.1, 0.15) is 0 Å². The van der Waals surface area contributed by atoms with Crippen LogP contribution >= 0.6 is 0 Å². The highest BCUT2D eigenvalue weighted by Crippen LogP contribution is 2.22. The fraction of sp³-hybridized carbons (Fsp3) is 0.917. The minimum Gasteiger partial charge on any atom is -0.387 e. The molecule has 4 nitrogen and oxygen atoms in total. The van der Waals surface area contributed by atoms with Crippen molar-refractivity contribution in [2.75, 3.05) is 19.6 Å². The highest BCUT2D eigenvalue weighted by molar-refractivity contribution is 5.79. The summed E-state index contributed by atoms with van der Waals surface area (Å²) in [5, 5.41) is 7.52. The molecule has 2 heterocycles. The van der Waals surface area contributed by atoms with E-state index in [2.05, 4.69) is 11.8 Å². The van der Waals surface area contributed by atoms with Gasteiger partial charge in [-0.25, -0.2) is 0 Å². The summed E-state index contributed by atoms with van der Waals surface area (Å²) in [6, 6.07) is 0. The molecule has 3 atom stereocenters. The minimum atomic E-state index is 0.271. The van der Waals surface area contributed by atoms with Crippen molar-refractivity contribution in [2.45, 2.75) is 44.8 Å². The SMILES string of the molecule is CC1CCC(CN2CCCC(C(=N)N)C2)O1. The number of hydrogen-bond donors (Lipinski definition) is 2. The van der Waals surface area contributed by atoms with Gasteiger partial charge >= 0.3 is 0 Å². The molecule has 16 heavy (non-hydrogen) atoms. The molecule has 2 aliphatic heterocycles. The molecule has 0 amide bonds. The van der Waals surface area contributed by atoms with Crippen LogP contribution in [-0.2, 0) is 4.74 Å². The first-order valence-electron chi connectivity index (χ1n) is 6.37. The van der Waals surface area contributed by atoms with Gasteiger partial charge in [-0.3, -0.25) is 5.41 Å². The quantitative estimate of drug-likeness (QED) is 0.560. The number of nitrogens with zero attached hydrogens (tertiary/aromatic N) is 1. The number of nitrogens with two attached hydrogens (primary N) is 1. The Balaban J connectivity index is 1.79. The average Bonchev–Trinajstić information content (AvgIpc) is 2.64. The van der Waals surface area contributed by atoms with Gasteiger partial charge in [-0.15, -0.1) is 0 Å². The maximum absolute atomic E-state index is 7.52. The Bertz CT molecular complexity index is 257. The van der Waals surface area contributed by atoms with E-state index in [1.165, 1.54) is 12.8 Å². The fourth-order valence-corrected chi connectivity index (χ4v) is 2.78. The molecule has 0 aromatic carbocycles. The van der Waals surface area contributed by atoms with E-state index in [0.717, 1.165) is 32.5 Å². The van der Waals surface area contributed by atoms with Crippen molar-refractivity contribution < 1.29 is 4.74 Å². The van der Waals surface area contributed by atoms with Crippen LogP contribution < -0.4 is 5.73 Å². The Morgan fingerprint density at radius 2 is 2.25 bits per heavy atom. The number of nitrogens with one attached hydrogen (secondary N) is 1. The summed E-state index contributed by atoms with van der Waals surface area (Å²) < 4.78 is 5.83. The number of ether oxygens (including phenoxy) is 1. The highest BCUT2D eigenvalue weighted by Gasteiger charge is 2.27. The molecule has 2 aliphatic rings. The molecule has 0 radical (unpaired) electrons. The zero-order chi connectivity index (χ0) is 11.5. The first-order chi connectivity index (χ1) is 7.65. The van der Waals surface area contributed by atoms with Gasteiger partial charge in [-0.1, -0.05) is 0 Å². The molecule has 3 N–H and O–H groups in total. The van der Waals surface area contributed by atoms with Crippen LogP contribution in [0, 0.1) is 11.3 Å². The van der Waals surface area contributed by atoms with Crippen molar-refractivity contribution in [2.24, 2.45) is 11.7 Å². The number of rotatable bonds is 3. The zero-order valence-corrected chi connectivity index (χ0v) is 10.1. The molecule has 4 heteroatoms. The second kappa shape index (κ2) is 5.15. The van der Waals surface area contributed by atoms with E-state index >= 15 is 0 Å². The van der Waals surface area contributed by atoms with Gasteiger partial charge in [0.25, 0.3) is 0 Å². The number of hydrogen-bond acceptors (Lipinski definition) is 3. The van der Waals surface area contributed by atoms with Crippen molar-refractivity contribution in [3.05, 3.63) is 0 Å². The summed E-state index contributed by atoms with van der Waals surface area (Å²) in [4.78, 5) is 2.41. The third-order valence-corrected chi connectivity index (χ3v) is 3.73. The topological polar surface area (TPSA) is 62.3 Å². The highest BCUT2D eigenvalue weighted by atomic mass is 16.5. The van der Waals surface area contributed by atoms with Crippen molar-refractivity contribution >= 4 is 5.84 Å². The fourth-order valence-electron chi connectivity index (χ4n) is 2.78. The molecular weight excluding hydrogens is 202 g/mol.